The molecule has 1 saturated carbocycles. The molecule has 1 fully saturated rings. The van der Waals surface area contributed by atoms with Gasteiger partial charge in [-0.15, -0.1) is 5.10 Å². The summed E-state index contributed by atoms with van der Waals surface area (Å²) in [5.41, 5.74) is 7.71. The Morgan fingerprint density at radius 3 is 2.52 bits per heavy atom. The van der Waals surface area contributed by atoms with Crippen LogP contribution >= 0.6 is 0 Å². The Labute approximate surface area is 160 Å². The zero-order valence-corrected chi connectivity index (χ0v) is 16.7. The van der Waals surface area contributed by atoms with E-state index in [1.165, 1.54) is 32.1 Å². The lowest BCUT2D eigenvalue weighted by molar-refractivity contribution is 0.0990. The third-order valence-corrected chi connectivity index (χ3v) is 5.41. The first-order valence-corrected chi connectivity index (χ1v) is 9.76. The van der Waals surface area contributed by atoms with Gasteiger partial charge in [0.2, 0.25) is 5.82 Å². The van der Waals surface area contributed by atoms with E-state index in [4.69, 9.17) is 5.73 Å². The molecule has 146 valence electrons. The van der Waals surface area contributed by atoms with Crippen LogP contribution in [-0.4, -0.2) is 25.8 Å². The lowest BCUT2D eigenvalue weighted by atomic mass is 9.84. The van der Waals surface area contributed by atoms with Crippen LogP contribution < -0.4 is 5.73 Å². The molecule has 1 heterocycles. The van der Waals surface area contributed by atoms with Gasteiger partial charge >= 0.3 is 0 Å². The van der Waals surface area contributed by atoms with Crippen LogP contribution in [0.1, 0.15) is 74.6 Å². The van der Waals surface area contributed by atoms with Crippen molar-refractivity contribution in [3.8, 4) is 17.1 Å². The van der Waals surface area contributed by atoms with Gasteiger partial charge in [0.05, 0.1) is 0 Å². The second-order valence-electron chi connectivity index (χ2n) is 8.75. The van der Waals surface area contributed by atoms with Crippen LogP contribution in [0.4, 0.5) is 0 Å². The summed E-state index contributed by atoms with van der Waals surface area (Å²) in [5, 5.41) is 14.9. The maximum Gasteiger partial charge on any atom is 0.288 e. The van der Waals surface area contributed by atoms with Gasteiger partial charge in [-0.2, -0.15) is 0 Å². The minimum absolute atomic E-state index is 0.0452. The quantitative estimate of drug-likeness (QED) is 0.852. The minimum Gasteiger partial charge on any atom is -0.507 e. The monoisotopic (exact) mass is 370 g/mol. The second-order valence-corrected chi connectivity index (χ2v) is 8.75. The molecule has 1 amide bonds. The predicted molar refractivity (Wildman–Crippen MR) is 106 cm³/mol. The summed E-state index contributed by atoms with van der Waals surface area (Å²) < 4.78 is 1.83. The van der Waals surface area contributed by atoms with Gasteiger partial charge in [0.25, 0.3) is 5.91 Å². The lowest BCUT2D eigenvalue weighted by Crippen LogP contribution is -2.17. The average Bonchev–Trinajstić information content (AvgIpc) is 3.01. The Morgan fingerprint density at radius 2 is 1.93 bits per heavy atom. The highest BCUT2D eigenvalue weighted by atomic mass is 16.3. The Balaban J connectivity index is 2.07. The first-order chi connectivity index (χ1) is 12.7. The number of aromatic hydroxyl groups is 1. The molecule has 6 nitrogen and oxygen atoms in total. The number of carbonyl (C=O) groups excluding carboxylic acids is 1. The number of aromatic nitrogens is 3. The number of rotatable bonds is 4. The van der Waals surface area contributed by atoms with Gasteiger partial charge in [0.15, 0.2) is 5.82 Å². The number of benzene rings is 1. The van der Waals surface area contributed by atoms with E-state index in [-0.39, 0.29) is 11.2 Å². The van der Waals surface area contributed by atoms with Crippen LogP contribution in [0.2, 0.25) is 0 Å². The maximum atomic E-state index is 11.7. The van der Waals surface area contributed by atoms with Crippen molar-refractivity contribution in [1.29, 1.82) is 0 Å². The number of carbonyl (C=O) groups is 1. The van der Waals surface area contributed by atoms with Crippen LogP contribution in [0.15, 0.2) is 12.1 Å². The van der Waals surface area contributed by atoms with Gasteiger partial charge in [-0.3, -0.25) is 4.79 Å². The van der Waals surface area contributed by atoms with E-state index in [9.17, 15) is 9.90 Å². The molecule has 0 spiro atoms. The molecule has 3 rings (SSSR count). The van der Waals surface area contributed by atoms with Crippen molar-refractivity contribution in [1.82, 2.24) is 14.8 Å². The smallest absolute Gasteiger partial charge is 0.288 e. The van der Waals surface area contributed by atoms with E-state index in [0.29, 0.717) is 17.5 Å². The van der Waals surface area contributed by atoms with Crippen molar-refractivity contribution in [2.75, 3.05) is 0 Å². The molecule has 0 atom stereocenters. The van der Waals surface area contributed by atoms with Crippen LogP contribution in [0, 0.1) is 12.8 Å². The number of phenols is 1. The van der Waals surface area contributed by atoms with Crippen molar-refractivity contribution in [3.05, 3.63) is 29.1 Å². The summed E-state index contributed by atoms with van der Waals surface area (Å²) in [6.07, 6.45) is 6.12. The average molecular weight is 370 g/mol. The highest BCUT2D eigenvalue weighted by molar-refractivity contribution is 5.89. The minimum atomic E-state index is -0.620. The molecule has 0 aliphatic heterocycles. The highest BCUT2D eigenvalue weighted by Crippen LogP contribution is 2.37. The number of amides is 1. The second kappa shape index (κ2) is 7.33. The molecule has 0 radical (unpaired) electrons. The van der Waals surface area contributed by atoms with Gasteiger partial charge in [-0.05, 0) is 48.8 Å². The van der Waals surface area contributed by atoms with Crippen molar-refractivity contribution in [2.24, 2.45) is 11.7 Å². The van der Waals surface area contributed by atoms with E-state index in [1.54, 1.807) is 0 Å². The molecule has 6 heteroatoms. The standard InChI is InChI=1S/C21H30N4O2/c1-13-10-15(11-16(17(13)26)21(2,3)4)20-23-19(18(22)27)24-25(20)12-14-8-6-5-7-9-14/h10-11,14,26H,5-9,12H2,1-4H3,(H2,22,27). The summed E-state index contributed by atoms with van der Waals surface area (Å²) in [6.45, 7) is 8.80. The highest BCUT2D eigenvalue weighted by Gasteiger charge is 2.24. The SMILES string of the molecule is Cc1cc(-c2nc(C(N)=O)nn2CC2CCCCC2)cc(C(C)(C)C)c1O. The van der Waals surface area contributed by atoms with Crippen LogP contribution in [0.3, 0.4) is 0 Å². The Bertz CT molecular complexity index is 843. The maximum absolute atomic E-state index is 11.7. The first kappa shape index (κ1) is 19.4. The van der Waals surface area contributed by atoms with Gasteiger partial charge in [-0.1, -0.05) is 40.0 Å². The molecule has 0 saturated heterocycles. The first-order valence-electron chi connectivity index (χ1n) is 9.76. The molecule has 0 bridgehead atoms. The molecule has 1 aromatic heterocycles. The van der Waals surface area contributed by atoms with Crippen molar-refractivity contribution < 1.29 is 9.90 Å². The van der Waals surface area contributed by atoms with Gasteiger partial charge in [-0.25, -0.2) is 9.67 Å². The number of hydrogen-bond donors (Lipinski definition) is 2. The third-order valence-electron chi connectivity index (χ3n) is 5.41. The Morgan fingerprint density at radius 1 is 1.26 bits per heavy atom. The molecular formula is C21H30N4O2. The number of nitrogens with two attached hydrogens (primary N) is 1. The molecule has 1 aliphatic rings. The number of phenolic OH excluding ortho intramolecular Hbond substituents is 1. The van der Waals surface area contributed by atoms with Crippen LogP contribution in [0.25, 0.3) is 11.4 Å². The molecule has 27 heavy (non-hydrogen) atoms. The number of aryl methyl sites for hydroxylation is 1. The predicted octanol–water partition coefficient (Wildman–Crippen LogP) is 3.94. The summed E-state index contributed by atoms with van der Waals surface area (Å²) in [7, 11) is 0. The summed E-state index contributed by atoms with van der Waals surface area (Å²) in [5.74, 6) is 0.914. The zero-order chi connectivity index (χ0) is 19.8. The van der Waals surface area contributed by atoms with E-state index < -0.39 is 5.91 Å². The number of primary amides is 1. The zero-order valence-electron chi connectivity index (χ0n) is 16.7. The number of hydrogen-bond acceptors (Lipinski definition) is 4. The molecule has 3 N–H and O–H groups in total. The van der Waals surface area contributed by atoms with Crippen molar-refractivity contribution >= 4 is 5.91 Å². The molecule has 2 aromatic rings. The normalized spacial score (nSPS) is 15.9. The van der Waals surface area contributed by atoms with Crippen LogP contribution in [0.5, 0.6) is 5.75 Å². The van der Waals surface area contributed by atoms with Gasteiger partial charge < -0.3 is 10.8 Å². The summed E-state index contributed by atoms with van der Waals surface area (Å²) in [6, 6.07) is 3.85. The fourth-order valence-electron chi connectivity index (χ4n) is 3.88. The number of nitrogens with zero attached hydrogens (tertiary/aromatic N) is 3. The molecular weight excluding hydrogens is 340 g/mol. The van der Waals surface area contributed by atoms with Gasteiger partial charge in [0, 0.05) is 17.7 Å². The van der Waals surface area contributed by atoms with Gasteiger partial charge in [0.1, 0.15) is 5.75 Å². The van der Waals surface area contributed by atoms with E-state index in [1.807, 2.05) is 23.7 Å². The Kier molecular flexibility index (Phi) is 5.27. The molecule has 1 aromatic carbocycles. The fourth-order valence-corrected chi connectivity index (χ4v) is 3.88. The van der Waals surface area contributed by atoms with Crippen LogP contribution in [-0.2, 0) is 12.0 Å². The van der Waals surface area contributed by atoms with E-state index in [2.05, 4.69) is 30.9 Å². The lowest BCUT2D eigenvalue weighted by Gasteiger charge is -2.24. The third kappa shape index (κ3) is 4.15. The summed E-state index contributed by atoms with van der Waals surface area (Å²) >= 11 is 0. The summed E-state index contributed by atoms with van der Waals surface area (Å²) in [4.78, 5) is 16.1. The topological polar surface area (TPSA) is 94.0 Å². The van der Waals surface area contributed by atoms with E-state index in [0.717, 1.165) is 23.2 Å². The fraction of sp³-hybridized carbons (Fsp3) is 0.571. The molecule has 1 aliphatic carbocycles. The largest absolute Gasteiger partial charge is 0.507 e. The molecule has 0 unspecified atom stereocenters. The van der Waals surface area contributed by atoms with Crippen molar-refractivity contribution in [3.63, 3.8) is 0 Å². The van der Waals surface area contributed by atoms with Crippen molar-refractivity contribution in [2.45, 2.75) is 71.8 Å². The Hall–Kier alpha value is -2.37. The van der Waals surface area contributed by atoms with E-state index >= 15 is 0 Å².